The SMILES string of the molecule is NC(N)(N)CCCCCCC(=O)O. The van der Waals surface area contributed by atoms with Crippen molar-refractivity contribution in [2.75, 3.05) is 0 Å². The van der Waals surface area contributed by atoms with Gasteiger partial charge in [0.15, 0.2) is 0 Å². The highest BCUT2D eigenvalue weighted by Gasteiger charge is 2.09. The standard InChI is InChI=1S/C8H19N3O2/c9-8(10,11)6-4-2-1-3-5-7(12)13/h1-6,9-11H2,(H,12,13). The molecule has 7 N–H and O–H groups in total. The molecule has 5 heteroatoms. The van der Waals surface area contributed by atoms with Gasteiger partial charge in [0.05, 0.1) is 0 Å². The molecule has 0 unspecified atom stereocenters. The minimum Gasteiger partial charge on any atom is -0.481 e. The van der Waals surface area contributed by atoms with E-state index in [2.05, 4.69) is 0 Å². The van der Waals surface area contributed by atoms with E-state index in [1.165, 1.54) is 0 Å². The molecule has 0 aliphatic heterocycles. The zero-order valence-electron chi connectivity index (χ0n) is 7.83. The van der Waals surface area contributed by atoms with E-state index in [0.717, 1.165) is 19.3 Å². The maximum absolute atomic E-state index is 10.1. The van der Waals surface area contributed by atoms with E-state index < -0.39 is 11.8 Å². The molecule has 0 bridgehead atoms. The number of nitrogens with two attached hydrogens (primary N) is 3. The van der Waals surface area contributed by atoms with Crippen LogP contribution in [-0.4, -0.2) is 16.9 Å². The summed E-state index contributed by atoms with van der Waals surface area (Å²) in [6.45, 7) is 0. The smallest absolute Gasteiger partial charge is 0.303 e. The zero-order valence-corrected chi connectivity index (χ0v) is 7.83. The molecule has 0 aliphatic rings. The van der Waals surface area contributed by atoms with E-state index in [9.17, 15) is 4.79 Å². The Morgan fingerprint density at radius 2 is 1.62 bits per heavy atom. The third kappa shape index (κ3) is 11.3. The maximum atomic E-state index is 10.1. The minimum absolute atomic E-state index is 0.235. The van der Waals surface area contributed by atoms with Gasteiger partial charge in [-0.15, -0.1) is 0 Å². The second-order valence-corrected chi connectivity index (χ2v) is 3.42. The number of hydrogen-bond acceptors (Lipinski definition) is 4. The lowest BCUT2D eigenvalue weighted by Gasteiger charge is -2.17. The predicted molar refractivity (Wildman–Crippen MR) is 50.6 cm³/mol. The third-order valence-electron chi connectivity index (χ3n) is 1.75. The van der Waals surface area contributed by atoms with Crippen LogP contribution in [0.5, 0.6) is 0 Å². The van der Waals surface area contributed by atoms with Crippen LogP contribution < -0.4 is 17.2 Å². The number of carbonyl (C=O) groups is 1. The molecule has 0 aromatic rings. The van der Waals surface area contributed by atoms with Gasteiger partial charge in [0.25, 0.3) is 0 Å². The van der Waals surface area contributed by atoms with Crippen molar-refractivity contribution in [3.63, 3.8) is 0 Å². The summed E-state index contributed by atoms with van der Waals surface area (Å²) in [5.41, 5.74) is 16.1. The number of aliphatic carboxylic acids is 1. The van der Waals surface area contributed by atoms with Gasteiger partial charge in [0.1, 0.15) is 5.79 Å². The molecule has 0 saturated carbocycles. The Kier molecular flexibility index (Phi) is 5.61. The molecule has 0 radical (unpaired) electrons. The summed E-state index contributed by atoms with van der Waals surface area (Å²) in [5, 5.41) is 8.34. The summed E-state index contributed by atoms with van der Waals surface area (Å²) in [5.74, 6) is -1.82. The van der Waals surface area contributed by atoms with E-state index >= 15 is 0 Å². The molecule has 0 atom stereocenters. The number of carboxylic acids is 1. The molecule has 0 heterocycles. The fourth-order valence-electron chi connectivity index (χ4n) is 1.06. The first-order valence-corrected chi connectivity index (χ1v) is 4.50. The Morgan fingerprint density at radius 3 is 2.08 bits per heavy atom. The predicted octanol–water partition coefficient (Wildman–Crippen LogP) is -0.0585. The van der Waals surface area contributed by atoms with E-state index in [4.69, 9.17) is 22.3 Å². The van der Waals surface area contributed by atoms with Crippen LogP contribution >= 0.6 is 0 Å². The Balaban J connectivity index is 3.13. The second kappa shape index (κ2) is 5.90. The molecule has 78 valence electrons. The van der Waals surface area contributed by atoms with Crippen LogP contribution in [0.15, 0.2) is 0 Å². The van der Waals surface area contributed by atoms with Crippen molar-refractivity contribution in [2.24, 2.45) is 17.2 Å². The van der Waals surface area contributed by atoms with Crippen molar-refractivity contribution < 1.29 is 9.90 Å². The largest absolute Gasteiger partial charge is 0.481 e. The normalized spacial score (nSPS) is 11.6. The lowest BCUT2D eigenvalue weighted by Crippen LogP contribution is -2.57. The summed E-state index contributed by atoms with van der Waals surface area (Å²) >= 11 is 0. The van der Waals surface area contributed by atoms with Crippen LogP contribution in [0, 0.1) is 0 Å². The first-order chi connectivity index (χ1) is 5.92. The van der Waals surface area contributed by atoms with Crippen LogP contribution in [0.4, 0.5) is 0 Å². The van der Waals surface area contributed by atoms with Crippen molar-refractivity contribution in [2.45, 2.75) is 44.3 Å². The average molecular weight is 189 g/mol. The molecule has 0 amide bonds. The summed E-state index contributed by atoms with van der Waals surface area (Å²) in [7, 11) is 0. The molecular formula is C8H19N3O2. The fourth-order valence-corrected chi connectivity index (χ4v) is 1.06. The van der Waals surface area contributed by atoms with E-state index in [-0.39, 0.29) is 6.42 Å². The van der Waals surface area contributed by atoms with Gasteiger partial charge < -0.3 is 22.3 Å². The van der Waals surface area contributed by atoms with Gasteiger partial charge in [-0.1, -0.05) is 12.8 Å². The Morgan fingerprint density at radius 1 is 1.08 bits per heavy atom. The summed E-state index contributed by atoms with van der Waals surface area (Å²) in [4.78, 5) is 10.1. The van der Waals surface area contributed by atoms with Gasteiger partial charge in [-0.05, 0) is 19.3 Å². The van der Waals surface area contributed by atoms with Gasteiger partial charge in [-0.2, -0.15) is 0 Å². The zero-order chi connectivity index (χ0) is 10.3. The first kappa shape index (κ1) is 12.3. The Hall–Kier alpha value is -0.650. The lowest BCUT2D eigenvalue weighted by molar-refractivity contribution is -0.137. The molecule has 0 spiro atoms. The molecule has 5 nitrogen and oxygen atoms in total. The molecule has 0 rings (SSSR count). The Bertz CT molecular complexity index is 154. The van der Waals surface area contributed by atoms with Gasteiger partial charge in [0, 0.05) is 6.42 Å². The molecule has 0 fully saturated rings. The number of carboxylic acid groups (broad SMARTS) is 1. The Labute approximate surface area is 78.3 Å². The fraction of sp³-hybridized carbons (Fsp3) is 0.875. The molecule has 0 aromatic carbocycles. The van der Waals surface area contributed by atoms with Crippen molar-refractivity contribution in [3.05, 3.63) is 0 Å². The van der Waals surface area contributed by atoms with Gasteiger partial charge in [-0.3, -0.25) is 4.79 Å². The molecule has 0 aromatic heterocycles. The molecule has 0 aliphatic carbocycles. The van der Waals surface area contributed by atoms with Gasteiger partial charge >= 0.3 is 5.97 Å². The number of hydrogen-bond donors (Lipinski definition) is 4. The quantitative estimate of drug-likeness (QED) is 0.331. The van der Waals surface area contributed by atoms with Crippen LogP contribution in [0.2, 0.25) is 0 Å². The van der Waals surface area contributed by atoms with Gasteiger partial charge in [-0.25, -0.2) is 0 Å². The minimum atomic E-state index is -1.08. The topological polar surface area (TPSA) is 115 Å². The van der Waals surface area contributed by atoms with Crippen LogP contribution in [0.3, 0.4) is 0 Å². The monoisotopic (exact) mass is 189 g/mol. The first-order valence-electron chi connectivity index (χ1n) is 4.50. The summed E-state index contributed by atoms with van der Waals surface area (Å²) in [6.07, 6.45) is 4.19. The second-order valence-electron chi connectivity index (χ2n) is 3.42. The van der Waals surface area contributed by atoms with E-state index in [1.807, 2.05) is 0 Å². The van der Waals surface area contributed by atoms with Crippen molar-refractivity contribution >= 4 is 5.97 Å². The lowest BCUT2D eigenvalue weighted by atomic mass is 10.1. The molecule has 0 saturated heterocycles. The van der Waals surface area contributed by atoms with E-state index in [1.54, 1.807) is 0 Å². The maximum Gasteiger partial charge on any atom is 0.303 e. The average Bonchev–Trinajstić information content (AvgIpc) is 1.93. The summed E-state index contributed by atoms with van der Waals surface area (Å²) in [6, 6.07) is 0. The highest BCUT2D eigenvalue weighted by Crippen LogP contribution is 2.07. The number of unbranched alkanes of at least 4 members (excludes halogenated alkanes) is 3. The highest BCUT2D eigenvalue weighted by atomic mass is 16.4. The van der Waals surface area contributed by atoms with Crippen molar-refractivity contribution in [1.82, 2.24) is 0 Å². The highest BCUT2D eigenvalue weighted by molar-refractivity contribution is 5.66. The summed E-state index contributed by atoms with van der Waals surface area (Å²) < 4.78 is 0. The van der Waals surface area contributed by atoms with Crippen molar-refractivity contribution in [1.29, 1.82) is 0 Å². The van der Waals surface area contributed by atoms with Crippen LogP contribution in [0.1, 0.15) is 38.5 Å². The van der Waals surface area contributed by atoms with E-state index in [0.29, 0.717) is 12.8 Å². The molecule has 13 heavy (non-hydrogen) atoms. The van der Waals surface area contributed by atoms with Crippen LogP contribution in [0.25, 0.3) is 0 Å². The molecular weight excluding hydrogens is 170 g/mol. The number of rotatable bonds is 7. The third-order valence-corrected chi connectivity index (χ3v) is 1.75. The van der Waals surface area contributed by atoms with Crippen molar-refractivity contribution in [3.8, 4) is 0 Å². The van der Waals surface area contributed by atoms with Crippen LogP contribution in [-0.2, 0) is 4.79 Å². The van der Waals surface area contributed by atoms with Gasteiger partial charge in [0.2, 0.25) is 0 Å².